The maximum Gasteiger partial charge on any atom is 0.0406 e. The molecule has 0 bridgehead atoms. The van der Waals surface area contributed by atoms with Crippen molar-refractivity contribution >= 4 is 22.1 Å². The van der Waals surface area contributed by atoms with Gasteiger partial charge in [0.2, 0.25) is 0 Å². The molecule has 0 aromatic heterocycles. The Hall–Kier alpha value is -0.370. The molecule has 1 aliphatic rings. The summed E-state index contributed by atoms with van der Waals surface area (Å²) in [5.41, 5.74) is 0. The van der Waals surface area contributed by atoms with Gasteiger partial charge >= 0.3 is 0 Å². The number of hydrogen-bond acceptors (Lipinski definition) is 1. The minimum absolute atomic E-state index is 0.936. The lowest BCUT2D eigenvalue weighted by molar-refractivity contribution is 1.50. The summed E-state index contributed by atoms with van der Waals surface area (Å²) in [6.07, 6.45) is 8.63. The summed E-state index contributed by atoms with van der Waals surface area (Å²) in [6, 6.07) is 0. The van der Waals surface area contributed by atoms with E-state index < -0.39 is 0 Å². The molecule has 1 aliphatic heterocycles. The lowest BCUT2D eigenvalue weighted by atomic mass is 10.4. The first kappa shape index (κ1) is 5.76. The van der Waals surface area contributed by atoms with E-state index in [1.807, 2.05) is 12.3 Å². The van der Waals surface area contributed by atoms with Gasteiger partial charge in [0.05, 0.1) is 0 Å². The lowest BCUT2D eigenvalue weighted by Crippen LogP contribution is -1.61. The highest BCUT2D eigenvalue weighted by Crippen LogP contribution is 2.08. The third kappa shape index (κ3) is 1.62. The molecule has 42 valence electrons. The average molecular weight is 172 g/mol. The Balaban J connectivity index is 2.73. The molecule has 0 saturated carbocycles. The number of nitrogens with zero attached hydrogens (tertiary/aromatic N) is 1. The molecule has 8 heavy (non-hydrogen) atoms. The highest BCUT2D eigenvalue weighted by Gasteiger charge is 1.83. The first-order valence-electron chi connectivity index (χ1n) is 2.43. The molecule has 1 heterocycles. The molecular weight excluding hydrogens is 166 g/mol. The van der Waals surface area contributed by atoms with Crippen molar-refractivity contribution in [2.75, 3.05) is 0 Å². The summed E-state index contributed by atoms with van der Waals surface area (Å²) in [4.78, 5) is 3.96. The van der Waals surface area contributed by atoms with Gasteiger partial charge in [-0.15, -0.1) is 0 Å². The highest BCUT2D eigenvalue weighted by atomic mass is 79.9. The Morgan fingerprint density at radius 2 is 2.50 bits per heavy atom. The summed E-state index contributed by atoms with van der Waals surface area (Å²) in [6.45, 7) is 0. The van der Waals surface area contributed by atoms with E-state index in [-0.39, 0.29) is 0 Å². The summed E-state index contributed by atoms with van der Waals surface area (Å²) >= 11 is 3.30. The molecule has 0 aromatic rings. The first-order chi connectivity index (χ1) is 3.89. The van der Waals surface area contributed by atoms with E-state index in [0.29, 0.717) is 0 Å². The predicted octanol–water partition coefficient (Wildman–Crippen LogP) is 2.25. The number of hydrogen-bond donors (Lipinski definition) is 0. The molecule has 0 N–H and O–H groups in total. The van der Waals surface area contributed by atoms with E-state index in [9.17, 15) is 0 Å². The zero-order chi connectivity index (χ0) is 5.82. The fourth-order valence-corrected chi connectivity index (χ4v) is 0.774. The van der Waals surface area contributed by atoms with Crippen molar-refractivity contribution in [3.63, 3.8) is 0 Å². The molecule has 0 aliphatic carbocycles. The Morgan fingerprint density at radius 3 is 3.38 bits per heavy atom. The summed E-state index contributed by atoms with van der Waals surface area (Å²) in [5, 5.41) is 0. The second-order valence-corrected chi connectivity index (χ2v) is 2.40. The topological polar surface area (TPSA) is 12.4 Å². The van der Waals surface area contributed by atoms with Gasteiger partial charge in [-0.2, -0.15) is 0 Å². The van der Waals surface area contributed by atoms with Crippen molar-refractivity contribution in [2.45, 2.75) is 6.42 Å². The molecular formula is C6H6BrN. The van der Waals surface area contributed by atoms with Crippen molar-refractivity contribution < 1.29 is 0 Å². The van der Waals surface area contributed by atoms with Gasteiger partial charge in [-0.25, -0.2) is 0 Å². The SMILES string of the molecule is BrC1=CN=CCC=C1. The van der Waals surface area contributed by atoms with Crippen LogP contribution in [0.5, 0.6) is 0 Å². The number of rotatable bonds is 0. The molecule has 0 amide bonds. The van der Waals surface area contributed by atoms with Crippen LogP contribution in [-0.4, -0.2) is 6.21 Å². The standard InChI is InChI=1S/C6H6BrN/c7-6-3-1-2-4-8-5-6/h1,3-5H,2H2. The van der Waals surface area contributed by atoms with Crippen LogP contribution in [0, 0.1) is 0 Å². The predicted molar refractivity (Wildman–Crippen MR) is 39.3 cm³/mol. The Bertz CT molecular complexity index is 156. The van der Waals surface area contributed by atoms with Gasteiger partial charge in [0.25, 0.3) is 0 Å². The molecule has 0 radical (unpaired) electrons. The van der Waals surface area contributed by atoms with Crippen molar-refractivity contribution in [3.8, 4) is 0 Å². The molecule has 0 spiro atoms. The molecule has 0 aromatic carbocycles. The number of allylic oxidation sites excluding steroid dienone is 3. The fourth-order valence-electron chi connectivity index (χ4n) is 0.469. The first-order valence-corrected chi connectivity index (χ1v) is 3.23. The van der Waals surface area contributed by atoms with E-state index in [1.54, 1.807) is 6.20 Å². The lowest BCUT2D eigenvalue weighted by Gasteiger charge is -1.77. The molecule has 1 rings (SSSR count). The second kappa shape index (κ2) is 2.82. The van der Waals surface area contributed by atoms with E-state index in [2.05, 4.69) is 27.0 Å². The van der Waals surface area contributed by atoms with E-state index >= 15 is 0 Å². The van der Waals surface area contributed by atoms with Gasteiger partial charge in [0, 0.05) is 23.3 Å². The minimum Gasteiger partial charge on any atom is -0.268 e. The Labute approximate surface area is 56.9 Å². The van der Waals surface area contributed by atoms with Crippen LogP contribution < -0.4 is 0 Å². The van der Waals surface area contributed by atoms with Crippen molar-refractivity contribution in [1.82, 2.24) is 0 Å². The van der Waals surface area contributed by atoms with Crippen molar-refractivity contribution in [3.05, 3.63) is 22.8 Å². The number of halogens is 1. The van der Waals surface area contributed by atoms with Gasteiger partial charge < -0.3 is 0 Å². The van der Waals surface area contributed by atoms with Crippen molar-refractivity contribution in [1.29, 1.82) is 0 Å². The van der Waals surface area contributed by atoms with Crippen LogP contribution in [0.1, 0.15) is 6.42 Å². The van der Waals surface area contributed by atoms with Gasteiger partial charge in [-0.1, -0.05) is 12.2 Å². The molecule has 0 fully saturated rings. The van der Waals surface area contributed by atoms with Gasteiger partial charge in [0.1, 0.15) is 0 Å². The van der Waals surface area contributed by atoms with E-state index in [0.717, 1.165) is 10.9 Å². The summed E-state index contributed by atoms with van der Waals surface area (Å²) in [5.74, 6) is 0. The second-order valence-electron chi connectivity index (χ2n) is 1.48. The van der Waals surface area contributed by atoms with Gasteiger partial charge in [-0.3, -0.25) is 4.99 Å². The van der Waals surface area contributed by atoms with Crippen LogP contribution in [-0.2, 0) is 0 Å². The maximum absolute atomic E-state index is 3.96. The van der Waals surface area contributed by atoms with Crippen LogP contribution in [0.25, 0.3) is 0 Å². The summed E-state index contributed by atoms with van der Waals surface area (Å²) < 4.78 is 1.03. The van der Waals surface area contributed by atoms with E-state index in [1.165, 1.54) is 0 Å². The third-order valence-electron chi connectivity index (χ3n) is 0.822. The third-order valence-corrected chi connectivity index (χ3v) is 1.29. The zero-order valence-electron chi connectivity index (χ0n) is 4.34. The average Bonchev–Trinajstić information content (AvgIpc) is 1.94. The smallest absolute Gasteiger partial charge is 0.0406 e. The minimum atomic E-state index is 0.936. The Kier molecular flexibility index (Phi) is 2.03. The van der Waals surface area contributed by atoms with Gasteiger partial charge in [-0.05, 0) is 15.9 Å². The van der Waals surface area contributed by atoms with Crippen LogP contribution >= 0.6 is 15.9 Å². The normalized spacial score (nSPS) is 17.9. The fraction of sp³-hybridized carbons (Fsp3) is 0.167. The van der Waals surface area contributed by atoms with Crippen LogP contribution in [0.2, 0.25) is 0 Å². The molecule has 1 nitrogen and oxygen atoms in total. The van der Waals surface area contributed by atoms with Crippen molar-refractivity contribution in [2.24, 2.45) is 4.99 Å². The van der Waals surface area contributed by atoms with Crippen LogP contribution in [0.4, 0.5) is 0 Å². The summed E-state index contributed by atoms with van der Waals surface area (Å²) in [7, 11) is 0. The molecule has 2 heteroatoms. The molecule has 0 unspecified atom stereocenters. The highest BCUT2D eigenvalue weighted by molar-refractivity contribution is 9.11. The Morgan fingerprint density at radius 1 is 1.62 bits per heavy atom. The van der Waals surface area contributed by atoms with Crippen LogP contribution in [0.15, 0.2) is 27.8 Å². The number of aliphatic imine (C=N–C) groups is 1. The largest absolute Gasteiger partial charge is 0.268 e. The molecule has 0 atom stereocenters. The van der Waals surface area contributed by atoms with Crippen LogP contribution in [0.3, 0.4) is 0 Å². The van der Waals surface area contributed by atoms with Gasteiger partial charge in [0.15, 0.2) is 0 Å². The molecule has 0 saturated heterocycles. The monoisotopic (exact) mass is 171 g/mol. The van der Waals surface area contributed by atoms with E-state index in [4.69, 9.17) is 0 Å². The zero-order valence-corrected chi connectivity index (χ0v) is 5.93. The maximum atomic E-state index is 3.96. The quantitative estimate of drug-likeness (QED) is 0.531.